The van der Waals surface area contributed by atoms with E-state index in [0.29, 0.717) is 23.6 Å². The second-order valence-electron chi connectivity index (χ2n) is 3.30. The number of carbonyl (C=O) groups is 1. The van der Waals surface area contributed by atoms with Crippen molar-refractivity contribution in [3.63, 3.8) is 0 Å². The van der Waals surface area contributed by atoms with Crippen LogP contribution in [0.15, 0.2) is 30.4 Å². The Balaban J connectivity index is 2.59. The molecular formula is C12H13ClFNO. The van der Waals surface area contributed by atoms with Gasteiger partial charge < -0.3 is 5.32 Å². The Morgan fingerprint density at radius 1 is 1.50 bits per heavy atom. The van der Waals surface area contributed by atoms with Crippen LogP contribution in [0, 0.1) is 12.7 Å². The lowest BCUT2D eigenvalue weighted by Gasteiger charge is -2.03. The van der Waals surface area contributed by atoms with Crippen LogP contribution in [0.1, 0.15) is 15.9 Å². The second-order valence-corrected chi connectivity index (χ2v) is 3.61. The van der Waals surface area contributed by atoms with Crippen LogP contribution >= 0.6 is 11.6 Å². The summed E-state index contributed by atoms with van der Waals surface area (Å²) in [7, 11) is 0. The lowest BCUT2D eigenvalue weighted by Crippen LogP contribution is -2.23. The third-order valence-electron chi connectivity index (χ3n) is 2.07. The summed E-state index contributed by atoms with van der Waals surface area (Å²) in [6, 6.07) is 4.41. The van der Waals surface area contributed by atoms with Crippen LogP contribution in [0.2, 0.25) is 0 Å². The highest BCUT2D eigenvalue weighted by molar-refractivity contribution is 6.18. The van der Waals surface area contributed by atoms with Crippen LogP contribution in [0.4, 0.5) is 4.39 Å². The molecule has 0 heterocycles. The number of hydrogen-bond donors (Lipinski definition) is 1. The van der Waals surface area contributed by atoms with Gasteiger partial charge in [-0.1, -0.05) is 18.2 Å². The van der Waals surface area contributed by atoms with E-state index in [2.05, 4.69) is 5.32 Å². The van der Waals surface area contributed by atoms with Gasteiger partial charge in [-0.2, -0.15) is 0 Å². The number of aryl methyl sites for hydroxylation is 1. The van der Waals surface area contributed by atoms with Gasteiger partial charge in [0.15, 0.2) is 0 Å². The largest absolute Gasteiger partial charge is 0.349 e. The molecule has 1 aromatic rings. The van der Waals surface area contributed by atoms with Crippen LogP contribution in [-0.4, -0.2) is 18.3 Å². The maximum absolute atomic E-state index is 13.2. The van der Waals surface area contributed by atoms with Gasteiger partial charge in [0.05, 0.1) is 0 Å². The first-order chi connectivity index (χ1) is 7.65. The van der Waals surface area contributed by atoms with E-state index >= 15 is 0 Å². The molecule has 0 saturated heterocycles. The summed E-state index contributed by atoms with van der Waals surface area (Å²) in [5.41, 5.74) is 0.848. The predicted molar refractivity (Wildman–Crippen MR) is 63.3 cm³/mol. The number of amides is 1. The molecular weight excluding hydrogens is 229 g/mol. The molecule has 1 amide bonds. The zero-order valence-corrected chi connectivity index (χ0v) is 9.72. The predicted octanol–water partition coefficient (Wildman–Crippen LogP) is 2.66. The molecule has 0 atom stereocenters. The van der Waals surface area contributed by atoms with E-state index < -0.39 is 0 Å². The van der Waals surface area contributed by atoms with Crippen LogP contribution in [0.3, 0.4) is 0 Å². The second kappa shape index (κ2) is 6.28. The van der Waals surface area contributed by atoms with Gasteiger partial charge >= 0.3 is 0 Å². The minimum atomic E-state index is -0.371. The summed E-state index contributed by atoms with van der Waals surface area (Å²) < 4.78 is 13.2. The molecule has 2 nitrogen and oxygen atoms in total. The van der Waals surface area contributed by atoms with Crippen molar-refractivity contribution in [2.75, 3.05) is 12.4 Å². The maximum atomic E-state index is 13.2. The number of carbonyl (C=O) groups excluding carboxylic acids is 1. The van der Waals surface area contributed by atoms with Gasteiger partial charge in [-0.15, -0.1) is 11.6 Å². The molecule has 0 aliphatic carbocycles. The maximum Gasteiger partial charge on any atom is 0.251 e. The Bertz CT molecular complexity index is 404. The summed E-state index contributed by atoms with van der Waals surface area (Å²) in [5, 5.41) is 2.63. The third-order valence-corrected chi connectivity index (χ3v) is 2.25. The molecule has 0 unspecified atom stereocenters. The Kier molecular flexibility index (Phi) is 4.99. The van der Waals surface area contributed by atoms with E-state index in [1.807, 2.05) is 0 Å². The molecule has 0 fully saturated rings. The van der Waals surface area contributed by atoms with Gasteiger partial charge in [0.1, 0.15) is 5.82 Å². The lowest BCUT2D eigenvalue weighted by atomic mass is 10.1. The highest BCUT2D eigenvalue weighted by Crippen LogP contribution is 2.08. The minimum Gasteiger partial charge on any atom is -0.349 e. The number of allylic oxidation sites excluding steroid dienone is 1. The Morgan fingerprint density at radius 2 is 2.25 bits per heavy atom. The van der Waals surface area contributed by atoms with Gasteiger partial charge in [0, 0.05) is 18.0 Å². The third kappa shape index (κ3) is 3.66. The zero-order valence-electron chi connectivity index (χ0n) is 8.97. The van der Waals surface area contributed by atoms with E-state index in [9.17, 15) is 9.18 Å². The van der Waals surface area contributed by atoms with Gasteiger partial charge in [0.25, 0.3) is 5.91 Å². The molecule has 1 N–H and O–H groups in total. The summed E-state index contributed by atoms with van der Waals surface area (Å²) in [5.74, 6) is -0.253. The molecule has 86 valence electrons. The van der Waals surface area contributed by atoms with Gasteiger partial charge in [0.2, 0.25) is 0 Å². The molecule has 1 rings (SSSR count). The van der Waals surface area contributed by atoms with Crippen LogP contribution in [0.5, 0.6) is 0 Å². The molecule has 0 bridgehead atoms. The SMILES string of the molecule is Cc1ccc(C(=O)NC/C=C/CCl)cc1F. The van der Waals surface area contributed by atoms with E-state index in [-0.39, 0.29) is 11.7 Å². The van der Waals surface area contributed by atoms with E-state index in [0.717, 1.165) is 0 Å². The van der Waals surface area contributed by atoms with E-state index in [1.165, 1.54) is 6.07 Å². The van der Waals surface area contributed by atoms with Gasteiger partial charge in [-0.3, -0.25) is 4.79 Å². The normalized spacial score (nSPS) is 10.7. The number of hydrogen-bond acceptors (Lipinski definition) is 1. The highest BCUT2D eigenvalue weighted by Gasteiger charge is 2.06. The van der Waals surface area contributed by atoms with Crippen molar-refractivity contribution in [2.24, 2.45) is 0 Å². The molecule has 0 spiro atoms. The molecule has 16 heavy (non-hydrogen) atoms. The Hall–Kier alpha value is -1.35. The first-order valence-electron chi connectivity index (χ1n) is 4.90. The average molecular weight is 242 g/mol. The van der Waals surface area contributed by atoms with E-state index in [4.69, 9.17) is 11.6 Å². The fraction of sp³-hybridized carbons (Fsp3) is 0.250. The number of alkyl halides is 1. The highest BCUT2D eigenvalue weighted by atomic mass is 35.5. The molecule has 0 aliphatic rings. The van der Waals surface area contributed by atoms with Crippen molar-refractivity contribution in [3.8, 4) is 0 Å². The van der Waals surface area contributed by atoms with Crippen molar-refractivity contribution in [3.05, 3.63) is 47.3 Å². The van der Waals surface area contributed by atoms with Crippen molar-refractivity contribution >= 4 is 17.5 Å². The number of benzene rings is 1. The fourth-order valence-electron chi connectivity index (χ4n) is 1.13. The molecule has 0 saturated carbocycles. The van der Waals surface area contributed by atoms with Crippen molar-refractivity contribution in [2.45, 2.75) is 6.92 Å². The number of halogens is 2. The van der Waals surface area contributed by atoms with Gasteiger partial charge in [-0.25, -0.2) is 4.39 Å². The smallest absolute Gasteiger partial charge is 0.251 e. The lowest BCUT2D eigenvalue weighted by molar-refractivity contribution is 0.0957. The molecule has 0 radical (unpaired) electrons. The molecule has 4 heteroatoms. The van der Waals surface area contributed by atoms with Crippen molar-refractivity contribution in [1.82, 2.24) is 5.32 Å². The quantitative estimate of drug-likeness (QED) is 0.637. The monoisotopic (exact) mass is 241 g/mol. The Labute approximate surface area is 99.1 Å². The minimum absolute atomic E-state index is 0.293. The summed E-state index contributed by atoms with van der Waals surface area (Å²) in [4.78, 5) is 11.5. The number of rotatable bonds is 4. The standard InChI is InChI=1S/C12H13ClFNO/c1-9-4-5-10(8-11(9)14)12(16)15-7-3-2-6-13/h2-5,8H,6-7H2,1H3,(H,15,16)/b3-2+. The van der Waals surface area contributed by atoms with Crippen LogP contribution in [-0.2, 0) is 0 Å². The number of nitrogens with one attached hydrogen (secondary N) is 1. The van der Waals surface area contributed by atoms with E-state index in [1.54, 1.807) is 31.2 Å². The fourth-order valence-corrected chi connectivity index (χ4v) is 1.26. The topological polar surface area (TPSA) is 29.1 Å². The molecule has 1 aromatic carbocycles. The van der Waals surface area contributed by atoms with Crippen molar-refractivity contribution < 1.29 is 9.18 Å². The van der Waals surface area contributed by atoms with Crippen LogP contribution < -0.4 is 5.32 Å². The Morgan fingerprint density at radius 3 is 2.88 bits per heavy atom. The van der Waals surface area contributed by atoms with Crippen molar-refractivity contribution in [1.29, 1.82) is 0 Å². The molecule has 0 aromatic heterocycles. The van der Waals surface area contributed by atoms with Crippen LogP contribution in [0.25, 0.3) is 0 Å². The zero-order chi connectivity index (χ0) is 12.0. The first kappa shape index (κ1) is 12.7. The van der Waals surface area contributed by atoms with Gasteiger partial charge in [-0.05, 0) is 24.6 Å². The summed E-state index contributed by atoms with van der Waals surface area (Å²) >= 11 is 5.42. The molecule has 0 aliphatic heterocycles. The summed E-state index contributed by atoms with van der Waals surface area (Å²) in [6.45, 7) is 2.04. The average Bonchev–Trinajstić information content (AvgIpc) is 2.28. The first-order valence-corrected chi connectivity index (χ1v) is 5.44. The summed E-state index contributed by atoms with van der Waals surface area (Å²) in [6.07, 6.45) is 3.48.